The van der Waals surface area contributed by atoms with Gasteiger partial charge in [0, 0.05) is 12.2 Å². The van der Waals surface area contributed by atoms with Crippen LogP contribution in [0.3, 0.4) is 0 Å². The van der Waals surface area contributed by atoms with E-state index >= 15 is 0 Å². The van der Waals surface area contributed by atoms with Crippen LogP contribution >= 0.6 is 11.8 Å². The molecule has 1 rings (SSSR count). The first-order valence-electron chi connectivity index (χ1n) is 11.3. The Morgan fingerprint density at radius 3 is 2.00 bits per heavy atom. The Kier molecular flexibility index (Phi) is 14.8. The summed E-state index contributed by atoms with van der Waals surface area (Å²) >= 11 is 1.90. The van der Waals surface area contributed by atoms with Crippen LogP contribution in [0.25, 0.3) is 0 Å². The number of thioether (sulfide) groups is 1. The third kappa shape index (κ3) is 13.9. The van der Waals surface area contributed by atoms with Gasteiger partial charge in [-0.3, -0.25) is 4.79 Å². The highest BCUT2D eigenvalue weighted by Gasteiger charge is 2.37. The zero-order chi connectivity index (χ0) is 22.1. The SMILES string of the molecule is CCCCCCCCCCCCSCCOc1ccc(CCC(=O)C(F)(F)F)cc1. The Morgan fingerprint density at radius 2 is 1.43 bits per heavy atom. The number of halogens is 3. The van der Waals surface area contributed by atoms with Crippen LogP contribution in [-0.2, 0) is 11.2 Å². The molecule has 1 aromatic carbocycles. The summed E-state index contributed by atoms with van der Waals surface area (Å²) in [6.07, 6.45) is 8.33. The quantitative estimate of drug-likeness (QED) is 0.215. The number of hydrogen-bond acceptors (Lipinski definition) is 3. The average Bonchev–Trinajstić information content (AvgIpc) is 2.72. The van der Waals surface area contributed by atoms with E-state index in [0.29, 0.717) is 17.9 Å². The van der Waals surface area contributed by atoms with Crippen LogP contribution in [0.5, 0.6) is 5.75 Å². The van der Waals surface area contributed by atoms with Crippen molar-refractivity contribution < 1.29 is 22.7 Å². The van der Waals surface area contributed by atoms with E-state index in [0.717, 1.165) is 11.5 Å². The van der Waals surface area contributed by atoms with Gasteiger partial charge in [0.25, 0.3) is 0 Å². The Bertz CT molecular complexity index is 559. The molecule has 0 saturated carbocycles. The van der Waals surface area contributed by atoms with Gasteiger partial charge in [0.2, 0.25) is 5.78 Å². The number of carbonyl (C=O) groups is 1. The summed E-state index contributed by atoms with van der Waals surface area (Å²) in [6.45, 7) is 2.87. The van der Waals surface area contributed by atoms with Crippen LogP contribution in [-0.4, -0.2) is 30.1 Å². The maximum atomic E-state index is 12.2. The maximum Gasteiger partial charge on any atom is 0.449 e. The third-order valence-electron chi connectivity index (χ3n) is 5.02. The number of ether oxygens (including phenoxy) is 1. The lowest BCUT2D eigenvalue weighted by atomic mass is 10.1. The molecule has 0 aliphatic heterocycles. The van der Waals surface area contributed by atoms with Crippen molar-refractivity contribution in [2.45, 2.75) is 90.1 Å². The molecule has 0 aliphatic carbocycles. The Hall–Kier alpha value is -1.17. The summed E-state index contributed by atoms with van der Waals surface area (Å²) in [5.74, 6) is 1.12. The average molecular weight is 447 g/mol. The molecule has 0 saturated heterocycles. The van der Waals surface area contributed by atoms with Crippen LogP contribution in [0.2, 0.25) is 0 Å². The second kappa shape index (κ2) is 16.5. The van der Waals surface area contributed by atoms with E-state index < -0.39 is 18.4 Å². The number of Topliss-reactive ketones (excluding diaryl/α,β-unsaturated/α-hetero) is 1. The third-order valence-corrected chi connectivity index (χ3v) is 6.05. The second-order valence-electron chi connectivity index (χ2n) is 7.71. The molecule has 0 unspecified atom stereocenters. The van der Waals surface area contributed by atoms with E-state index in [9.17, 15) is 18.0 Å². The monoisotopic (exact) mass is 446 g/mol. The molecule has 0 heterocycles. The molecule has 0 atom stereocenters. The number of unbranched alkanes of at least 4 members (excludes halogenated alkanes) is 9. The molecular formula is C24H37F3O2S. The lowest BCUT2D eigenvalue weighted by Crippen LogP contribution is -2.22. The minimum absolute atomic E-state index is 0.0906. The van der Waals surface area contributed by atoms with E-state index in [4.69, 9.17) is 4.74 Å². The fourth-order valence-electron chi connectivity index (χ4n) is 3.16. The predicted molar refractivity (Wildman–Crippen MR) is 120 cm³/mol. The van der Waals surface area contributed by atoms with Gasteiger partial charge in [-0.25, -0.2) is 0 Å². The molecule has 6 heteroatoms. The van der Waals surface area contributed by atoms with Crippen molar-refractivity contribution in [1.82, 2.24) is 0 Å². The summed E-state index contributed by atoms with van der Waals surface area (Å²) in [7, 11) is 0. The normalized spacial score (nSPS) is 11.6. The first-order chi connectivity index (χ1) is 14.4. The molecule has 1 aromatic rings. The largest absolute Gasteiger partial charge is 0.493 e. The lowest BCUT2D eigenvalue weighted by molar-refractivity contribution is -0.171. The Labute approximate surface area is 184 Å². The molecule has 0 amide bonds. The number of alkyl halides is 3. The highest BCUT2D eigenvalue weighted by atomic mass is 32.2. The first-order valence-corrected chi connectivity index (χ1v) is 12.5. The standard InChI is InChI=1S/C24H37F3O2S/c1-2-3-4-5-6-7-8-9-10-11-19-30-20-18-29-22-15-12-21(13-16-22)14-17-23(28)24(25,26)27/h12-13,15-16H,2-11,14,17-20H2,1H3. The predicted octanol–water partition coefficient (Wildman–Crippen LogP) is 7.78. The van der Waals surface area contributed by atoms with Gasteiger partial charge in [0.15, 0.2) is 0 Å². The van der Waals surface area contributed by atoms with Gasteiger partial charge in [0.1, 0.15) is 5.75 Å². The van der Waals surface area contributed by atoms with E-state index in [2.05, 4.69) is 6.92 Å². The topological polar surface area (TPSA) is 26.3 Å². The van der Waals surface area contributed by atoms with Crippen molar-refractivity contribution in [2.75, 3.05) is 18.1 Å². The fraction of sp³-hybridized carbons (Fsp3) is 0.708. The van der Waals surface area contributed by atoms with Crippen molar-refractivity contribution in [1.29, 1.82) is 0 Å². The maximum absolute atomic E-state index is 12.2. The van der Waals surface area contributed by atoms with Gasteiger partial charge in [0.05, 0.1) is 6.61 Å². The second-order valence-corrected chi connectivity index (χ2v) is 8.93. The highest BCUT2D eigenvalue weighted by Crippen LogP contribution is 2.20. The van der Waals surface area contributed by atoms with E-state index in [1.165, 1.54) is 64.2 Å². The van der Waals surface area contributed by atoms with Crippen molar-refractivity contribution in [2.24, 2.45) is 0 Å². The molecule has 0 aromatic heterocycles. The van der Waals surface area contributed by atoms with Crippen molar-refractivity contribution in [3.8, 4) is 5.75 Å². The summed E-state index contributed by atoms with van der Waals surface area (Å²) in [5, 5.41) is 0. The summed E-state index contributed by atoms with van der Waals surface area (Å²) < 4.78 is 42.3. The van der Waals surface area contributed by atoms with Gasteiger partial charge in [-0.05, 0) is 36.3 Å². The summed E-state index contributed by atoms with van der Waals surface area (Å²) in [4.78, 5) is 10.9. The van der Waals surface area contributed by atoms with Gasteiger partial charge in [-0.1, -0.05) is 76.8 Å². The molecular weight excluding hydrogens is 409 g/mol. The van der Waals surface area contributed by atoms with Crippen molar-refractivity contribution in [3.05, 3.63) is 29.8 Å². The van der Waals surface area contributed by atoms with Crippen LogP contribution in [0.1, 0.15) is 83.1 Å². The molecule has 0 N–H and O–H groups in total. The highest BCUT2D eigenvalue weighted by molar-refractivity contribution is 7.99. The molecule has 2 nitrogen and oxygen atoms in total. The number of carbonyl (C=O) groups excluding carboxylic acids is 1. The number of benzene rings is 1. The number of ketones is 1. The smallest absolute Gasteiger partial charge is 0.449 e. The Morgan fingerprint density at radius 1 is 0.867 bits per heavy atom. The minimum Gasteiger partial charge on any atom is -0.493 e. The number of hydrogen-bond donors (Lipinski definition) is 0. The Balaban J connectivity index is 1.96. The molecule has 0 aliphatic rings. The van der Waals surface area contributed by atoms with E-state index in [1.54, 1.807) is 24.3 Å². The van der Waals surface area contributed by atoms with Gasteiger partial charge >= 0.3 is 6.18 Å². The molecule has 172 valence electrons. The molecule has 0 bridgehead atoms. The van der Waals surface area contributed by atoms with Gasteiger partial charge in [-0.2, -0.15) is 24.9 Å². The van der Waals surface area contributed by atoms with Crippen molar-refractivity contribution in [3.63, 3.8) is 0 Å². The van der Waals surface area contributed by atoms with Gasteiger partial charge in [-0.15, -0.1) is 0 Å². The molecule has 0 radical (unpaired) electrons. The molecule has 0 spiro atoms. The minimum atomic E-state index is -4.74. The zero-order valence-corrected chi connectivity index (χ0v) is 19.1. The van der Waals surface area contributed by atoms with Crippen LogP contribution in [0, 0.1) is 0 Å². The molecule has 30 heavy (non-hydrogen) atoms. The lowest BCUT2D eigenvalue weighted by Gasteiger charge is -2.08. The van der Waals surface area contributed by atoms with E-state index in [1.807, 2.05) is 11.8 Å². The van der Waals surface area contributed by atoms with Crippen molar-refractivity contribution >= 4 is 17.5 Å². The molecule has 0 fully saturated rings. The number of rotatable bonds is 18. The van der Waals surface area contributed by atoms with Gasteiger partial charge < -0.3 is 4.74 Å². The fourth-order valence-corrected chi connectivity index (χ4v) is 3.98. The van der Waals surface area contributed by atoms with Crippen LogP contribution in [0.4, 0.5) is 13.2 Å². The number of aryl methyl sites for hydroxylation is 1. The van der Waals surface area contributed by atoms with E-state index in [-0.39, 0.29) is 6.42 Å². The van der Waals surface area contributed by atoms with Crippen LogP contribution < -0.4 is 4.74 Å². The van der Waals surface area contributed by atoms with Crippen LogP contribution in [0.15, 0.2) is 24.3 Å². The first kappa shape index (κ1) is 26.9. The zero-order valence-electron chi connectivity index (χ0n) is 18.3. The summed E-state index contributed by atoms with van der Waals surface area (Å²) in [5.41, 5.74) is 0.704. The summed E-state index contributed by atoms with van der Waals surface area (Å²) in [6, 6.07) is 6.94.